The van der Waals surface area contributed by atoms with Crippen LogP contribution in [0.4, 0.5) is 0 Å². The molecule has 0 aliphatic rings. The Balaban J connectivity index is 3.28. The van der Waals surface area contributed by atoms with Gasteiger partial charge in [-0.05, 0) is 25.5 Å². The molecule has 1 aromatic heterocycles. The lowest BCUT2D eigenvalue weighted by Crippen LogP contribution is -2.27. The molecule has 80 valence electrons. The fourth-order valence-electron chi connectivity index (χ4n) is 1.52. The summed E-state index contributed by atoms with van der Waals surface area (Å²) in [5.74, 6) is 0. The van der Waals surface area contributed by atoms with E-state index in [2.05, 4.69) is 0 Å². The molecule has 0 spiro atoms. The van der Waals surface area contributed by atoms with Crippen molar-refractivity contribution < 1.29 is 4.74 Å². The Bertz CT molecular complexity index is 455. The van der Waals surface area contributed by atoms with Crippen LogP contribution < -0.4 is 5.56 Å². The Morgan fingerprint density at radius 2 is 2.20 bits per heavy atom. The van der Waals surface area contributed by atoms with Gasteiger partial charge in [0.2, 0.25) is 0 Å². The van der Waals surface area contributed by atoms with Crippen LogP contribution in [0, 0.1) is 25.2 Å². The summed E-state index contributed by atoms with van der Waals surface area (Å²) in [5, 5.41) is 8.85. The van der Waals surface area contributed by atoms with Crippen molar-refractivity contribution >= 4 is 0 Å². The van der Waals surface area contributed by atoms with E-state index in [-0.39, 0.29) is 11.1 Å². The van der Waals surface area contributed by atoms with Crippen molar-refractivity contribution in [3.63, 3.8) is 0 Å². The van der Waals surface area contributed by atoms with Gasteiger partial charge in [0.25, 0.3) is 5.56 Å². The lowest BCUT2D eigenvalue weighted by molar-refractivity contribution is 0.185. The van der Waals surface area contributed by atoms with Crippen LogP contribution in [0.3, 0.4) is 0 Å². The SMILES string of the molecule is COCCn1c(C)cc(C)c(C#N)c1=O. The highest BCUT2D eigenvalue weighted by atomic mass is 16.5. The van der Waals surface area contributed by atoms with Gasteiger partial charge < -0.3 is 9.30 Å². The lowest BCUT2D eigenvalue weighted by atomic mass is 10.1. The van der Waals surface area contributed by atoms with Crippen molar-refractivity contribution in [2.24, 2.45) is 0 Å². The Morgan fingerprint density at radius 3 is 2.73 bits per heavy atom. The Kier molecular flexibility index (Phi) is 3.64. The summed E-state index contributed by atoms with van der Waals surface area (Å²) >= 11 is 0. The maximum atomic E-state index is 11.8. The highest BCUT2D eigenvalue weighted by Crippen LogP contribution is 2.04. The molecule has 1 rings (SSSR count). The molecule has 4 heteroatoms. The molecule has 1 aromatic rings. The van der Waals surface area contributed by atoms with Gasteiger partial charge in [0.05, 0.1) is 6.61 Å². The number of hydrogen-bond acceptors (Lipinski definition) is 3. The minimum absolute atomic E-state index is 0.219. The number of nitriles is 1. The van der Waals surface area contributed by atoms with E-state index in [9.17, 15) is 4.79 Å². The smallest absolute Gasteiger partial charge is 0.269 e. The van der Waals surface area contributed by atoms with Crippen molar-refractivity contribution in [2.75, 3.05) is 13.7 Å². The van der Waals surface area contributed by atoms with Crippen molar-refractivity contribution in [1.29, 1.82) is 5.26 Å². The molecule has 0 unspecified atom stereocenters. The average molecular weight is 206 g/mol. The van der Waals surface area contributed by atoms with E-state index in [1.165, 1.54) is 0 Å². The number of methoxy groups -OCH3 is 1. The van der Waals surface area contributed by atoms with Crippen molar-refractivity contribution in [3.05, 3.63) is 33.2 Å². The highest BCUT2D eigenvalue weighted by molar-refractivity contribution is 5.36. The zero-order chi connectivity index (χ0) is 11.4. The monoisotopic (exact) mass is 206 g/mol. The van der Waals surface area contributed by atoms with E-state index >= 15 is 0 Å². The van der Waals surface area contributed by atoms with Crippen LogP contribution in [0.1, 0.15) is 16.8 Å². The summed E-state index contributed by atoms with van der Waals surface area (Å²) in [6, 6.07) is 3.78. The van der Waals surface area contributed by atoms with Gasteiger partial charge in [-0.15, -0.1) is 0 Å². The highest BCUT2D eigenvalue weighted by Gasteiger charge is 2.09. The van der Waals surface area contributed by atoms with Crippen molar-refractivity contribution in [3.8, 4) is 6.07 Å². The zero-order valence-corrected chi connectivity index (χ0v) is 9.20. The number of aromatic nitrogens is 1. The van der Waals surface area contributed by atoms with Crippen LogP contribution >= 0.6 is 0 Å². The van der Waals surface area contributed by atoms with E-state index in [4.69, 9.17) is 10.00 Å². The lowest BCUT2D eigenvalue weighted by Gasteiger charge is -2.10. The van der Waals surface area contributed by atoms with Crippen molar-refractivity contribution in [1.82, 2.24) is 4.57 Å². The molecule has 15 heavy (non-hydrogen) atoms. The second-order valence-electron chi connectivity index (χ2n) is 3.41. The third-order valence-corrected chi connectivity index (χ3v) is 2.34. The molecule has 0 aliphatic heterocycles. The largest absolute Gasteiger partial charge is 0.383 e. The molecular formula is C11H14N2O2. The van der Waals surface area contributed by atoms with Crippen LogP contribution in [0.5, 0.6) is 0 Å². The maximum Gasteiger partial charge on any atom is 0.269 e. The molecule has 0 fully saturated rings. The summed E-state index contributed by atoms with van der Waals surface area (Å²) in [6.45, 7) is 4.57. The summed E-state index contributed by atoms with van der Waals surface area (Å²) in [5.41, 5.74) is 1.57. The topological polar surface area (TPSA) is 55.0 Å². The molecule has 0 aromatic carbocycles. The first-order chi connectivity index (χ1) is 7.11. The van der Waals surface area contributed by atoms with Gasteiger partial charge in [0.15, 0.2) is 0 Å². The summed E-state index contributed by atoms with van der Waals surface area (Å²) in [4.78, 5) is 11.8. The fourth-order valence-corrected chi connectivity index (χ4v) is 1.52. The normalized spacial score (nSPS) is 10.0. The zero-order valence-electron chi connectivity index (χ0n) is 9.20. The maximum absolute atomic E-state index is 11.8. The third kappa shape index (κ3) is 2.25. The molecule has 0 saturated heterocycles. The standard InChI is InChI=1S/C11H14N2O2/c1-8-6-9(2)13(4-5-15-3)11(14)10(8)7-12/h6H,4-5H2,1-3H3. The minimum atomic E-state index is -0.230. The van der Waals surface area contributed by atoms with Gasteiger partial charge in [-0.25, -0.2) is 0 Å². The molecule has 0 saturated carbocycles. The van der Waals surface area contributed by atoms with Gasteiger partial charge in [-0.2, -0.15) is 5.26 Å². The Hall–Kier alpha value is -1.60. The number of ether oxygens (including phenoxy) is 1. The Morgan fingerprint density at radius 1 is 1.53 bits per heavy atom. The number of aryl methyl sites for hydroxylation is 2. The van der Waals surface area contributed by atoms with Crippen LogP contribution in [0.15, 0.2) is 10.9 Å². The first-order valence-electron chi connectivity index (χ1n) is 4.72. The average Bonchev–Trinajstić information content (AvgIpc) is 2.17. The summed E-state index contributed by atoms with van der Waals surface area (Å²) in [6.07, 6.45) is 0. The van der Waals surface area contributed by atoms with Crippen LogP contribution in [-0.4, -0.2) is 18.3 Å². The molecule has 0 amide bonds. The molecule has 4 nitrogen and oxygen atoms in total. The Labute approximate surface area is 88.7 Å². The summed E-state index contributed by atoms with van der Waals surface area (Å²) < 4.78 is 6.48. The van der Waals surface area contributed by atoms with E-state index < -0.39 is 0 Å². The van der Waals surface area contributed by atoms with E-state index in [0.29, 0.717) is 13.2 Å². The molecule has 0 N–H and O–H groups in total. The molecule has 1 heterocycles. The minimum Gasteiger partial charge on any atom is -0.383 e. The molecular weight excluding hydrogens is 192 g/mol. The summed E-state index contributed by atoms with van der Waals surface area (Å²) in [7, 11) is 1.58. The van der Waals surface area contributed by atoms with Crippen LogP contribution in [0.2, 0.25) is 0 Å². The van der Waals surface area contributed by atoms with Gasteiger partial charge in [-0.1, -0.05) is 0 Å². The number of pyridine rings is 1. The second kappa shape index (κ2) is 4.76. The van der Waals surface area contributed by atoms with Gasteiger partial charge in [0.1, 0.15) is 11.6 Å². The van der Waals surface area contributed by atoms with Gasteiger partial charge >= 0.3 is 0 Å². The van der Waals surface area contributed by atoms with E-state index in [1.807, 2.05) is 19.1 Å². The molecule has 0 radical (unpaired) electrons. The van der Waals surface area contributed by atoms with Crippen LogP contribution in [-0.2, 0) is 11.3 Å². The van der Waals surface area contributed by atoms with E-state index in [0.717, 1.165) is 11.3 Å². The number of nitrogens with zero attached hydrogens (tertiary/aromatic N) is 2. The third-order valence-electron chi connectivity index (χ3n) is 2.34. The molecule has 0 aliphatic carbocycles. The molecule has 0 atom stereocenters. The van der Waals surface area contributed by atoms with Crippen LogP contribution in [0.25, 0.3) is 0 Å². The predicted molar refractivity (Wildman–Crippen MR) is 56.8 cm³/mol. The first-order valence-corrected chi connectivity index (χ1v) is 4.72. The van der Waals surface area contributed by atoms with Gasteiger partial charge in [0, 0.05) is 19.3 Å². The van der Waals surface area contributed by atoms with E-state index in [1.54, 1.807) is 18.6 Å². The first kappa shape index (κ1) is 11.5. The van der Waals surface area contributed by atoms with Gasteiger partial charge in [-0.3, -0.25) is 4.79 Å². The fraction of sp³-hybridized carbons (Fsp3) is 0.455. The molecule has 0 bridgehead atoms. The quantitative estimate of drug-likeness (QED) is 0.740. The number of hydrogen-bond donors (Lipinski definition) is 0. The number of rotatable bonds is 3. The second-order valence-corrected chi connectivity index (χ2v) is 3.41. The van der Waals surface area contributed by atoms with Crippen molar-refractivity contribution in [2.45, 2.75) is 20.4 Å². The predicted octanol–water partition coefficient (Wildman–Crippen LogP) is 0.983.